The number of amides is 1. The summed E-state index contributed by atoms with van der Waals surface area (Å²) in [6.07, 6.45) is 1.32. The maximum absolute atomic E-state index is 12.9. The summed E-state index contributed by atoms with van der Waals surface area (Å²) < 4.78 is 40.5. The minimum Gasteiger partial charge on any atom is -0.307 e. The molecule has 0 fully saturated rings. The Kier molecular flexibility index (Phi) is 6.10. The molecule has 0 unspecified atom stereocenters. The van der Waals surface area contributed by atoms with Crippen LogP contribution in [0.1, 0.15) is 47.2 Å². The number of pyridine rings is 1. The number of imidazole rings is 1. The lowest BCUT2D eigenvalue weighted by atomic mass is 10.0. The molecule has 1 aliphatic rings. The summed E-state index contributed by atoms with van der Waals surface area (Å²) in [5.41, 5.74) is 2.77. The minimum atomic E-state index is -4.34. The molecule has 0 spiro atoms. The van der Waals surface area contributed by atoms with Crippen LogP contribution in [0.25, 0.3) is 5.65 Å². The maximum atomic E-state index is 12.9. The number of carbonyl (C=O) groups excluding carboxylic acids is 1. The van der Waals surface area contributed by atoms with Crippen LogP contribution < -0.4 is 5.32 Å². The highest BCUT2D eigenvalue weighted by atomic mass is 32.1. The van der Waals surface area contributed by atoms with Crippen LogP contribution in [0.15, 0.2) is 55.0 Å². The van der Waals surface area contributed by atoms with Gasteiger partial charge >= 0.3 is 6.18 Å². The predicted octanol–water partition coefficient (Wildman–Crippen LogP) is 5.70. The second-order valence-corrected chi connectivity index (χ2v) is 10.2. The molecule has 6 nitrogen and oxygen atoms in total. The fourth-order valence-electron chi connectivity index (χ4n) is 4.55. The molecule has 182 valence electrons. The first kappa shape index (κ1) is 23.5. The van der Waals surface area contributed by atoms with E-state index in [9.17, 15) is 18.0 Å². The smallest absolute Gasteiger partial charge is 0.307 e. The van der Waals surface area contributed by atoms with Gasteiger partial charge in [0.1, 0.15) is 5.65 Å². The summed E-state index contributed by atoms with van der Waals surface area (Å²) in [6.45, 7) is 5.37. The molecular formula is C25H24F3N5OS. The van der Waals surface area contributed by atoms with E-state index in [1.54, 1.807) is 6.20 Å². The van der Waals surface area contributed by atoms with E-state index in [1.165, 1.54) is 23.5 Å². The van der Waals surface area contributed by atoms with Crippen molar-refractivity contribution >= 4 is 28.0 Å². The van der Waals surface area contributed by atoms with E-state index in [2.05, 4.69) is 29.0 Å². The summed E-state index contributed by atoms with van der Waals surface area (Å²) in [4.78, 5) is 24.9. The summed E-state index contributed by atoms with van der Waals surface area (Å²) in [5.74, 6) is 0.105. The van der Waals surface area contributed by atoms with Crippen molar-refractivity contribution in [2.75, 3.05) is 5.32 Å². The maximum Gasteiger partial charge on any atom is 0.416 e. The monoisotopic (exact) mass is 499 g/mol. The van der Waals surface area contributed by atoms with Gasteiger partial charge in [0.25, 0.3) is 0 Å². The summed E-state index contributed by atoms with van der Waals surface area (Å²) in [5, 5.41) is 3.49. The van der Waals surface area contributed by atoms with Crippen molar-refractivity contribution in [1.82, 2.24) is 19.3 Å². The predicted molar refractivity (Wildman–Crippen MR) is 128 cm³/mol. The number of rotatable bonds is 6. The van der Waals surface area contributed by atoms with Gasteiger partial charge in [-0.15, -0.1) is 11.3 Å². The van der Waals surface area contributed by atoms with Gasteiger partial charge in [0.05, 0.1) is 23.7 Å². The van der Waals surface area contributed by atoms with E-state index in [0.717, 1.165) is 39.5 Å². The lowest BCUT2D eigenvalue weighted by Gasteiger charge is -2.27. The molecule has 0 aliphatic carbocycles. The molecule has 1 atom stereocenters. The molecule has 1 amide bonds. The first-order valence-electron chi connectivity index (χ1n) is 11.3. The average Bonchev–Trinajstić information content (AvgIpc) is 3.47. The Balaban J connectivity index is 1.26. The minimum absolute atomic E-state index is 0.0250. The molecule has 4 heterocycles. The Morgan fingerprint density at radius 1 is 1.17 bits per heavy atom. The van der Waals surface area contributed by atoms with Crippen LogP contribution in [-0.4, -0.2) is 25.2 Å². The second kappa shape index (κ2) is 9.09. The second-order valence-electron chi connectivity index (χ2n) is 9.07. The molecule has 1 aromatic carbocycles. The molecule has 5 rings (SSSR count). The van der Waals surface area contributed by atoms with Gasteiger partial charge in [0.15, 0.2) is 5.13 Å². The molecular weight excluding hydrogens is 475 g/mol. The highest BCUT2D eigenvalue weighted by Crippen LogP contribution is 2.43. The van der Waals surface area contributed by atoms with Gasteiger partial charge in [-0.3, -0.25) is 9.69 Å². The van der Waals surface area contributed by atoms with Crippen LogP contribution >= 0.6 is 11.3 Å². The van der Waals surface area contributed by atoms with Crippen LogP contribution in [0, 0.1) is 5.92 Å². The van der Waals surface area contributed by atoms with Crippen LogP contribution in [0.4, 0.5) is 18.3 Å². The zero-order valence-electron chi connectivity index (χ0n) is 19.2. The molecule has 4 aromatic rings. The van der Waals surface area contributed by atoms with Crippen molar-refractivity contribution in [2.45, 2.75) is 45.6 Å². The SMILES string of the molecule is CC(C)[C@H]1c2nc(NC(=O)Cc3ccn4ccnc4c3)sc2CN1Cc1ccc(C(F)(F)F)cc1. The van der Waals surface area contributed by atoms with Crippen LogP contribution in [-0.2, 0) is 30.5 Å². The number of fused-ring (bicyclic) bond motifs is 2. The van der Waals surface area contributed by atoms with Crippen molar-refractivity contribution in [3.05, 3.63) is 82.3 Å². The Hall–Kier alpha value is -3.24. The average molecular weight is 500 g/mol. The number of alkyl halides is 3. The first-order valence-corrected chi connectivity index (χ1v) is 12.1. The van der Waals surface area contributed by atoms with Crippen LogP contribution in [0.5, 0.6) is 0 Å². The summed E-state index contributed by atoms with van der Waals surface area (Å²) >= 11 is 1.46. The third kappa shape index (κ3) is 4.94. The van der Waals surface area contributed by atoms with Gasteiger partial charge in [-0.25, -0.2) is 9.97 Å². The van der Waals surface area contributed by atoms with E-state index in [4.69, 9.17) is 4.98 Å². The molecule has 3 aromatic heterocycles. The highest BCUT2D eigenvalue weighted by Gasteiger charge is 2.36. The van der Waals surface area contributed by atoms with Gasteiger partial charge in [0, 0.05) is 36.6 Å². The van der Waals surface area contributed by atoms with Gasteiger partial charge in [-0.2, -0.15) is 13.2 Å². The van der Waals surface area contributed by atoms with Crippen molar-refractivity contribution in [1.29, 1.82) is 0 Å². The third-order valence-electron chi connectivity index (χ3n) is 6.12. The van der Waals surface area contributed by atoms with Crippen molar-refractivity contribution in [2.24, 2.45) is 5.92 Å². The van der Waals surface area contributed by atoms with Crippen molar-refractivity contribution in [3.63, 3.8) is 0 Å². The molecule has 35 heavy (non-hydrogen) atoms. The van der Waals surface area contributed by atoms with E-state index >= 15 is 0 Å². The first-order chi connectivity index (χ1) is 16.7. The van der Waals surface area contributed by atoms with E-state index in [1.807, 2.05) is 28.9 Å². The number of benzene rings is 1. The van der Waals surface area contributed by atoms with Gasteiger partial charge in [0.2, 0.25) is 5.91 Å². The fourth-order valence-corrected chi connectivity index (χ4v) is 5.60. The van der Waals surface area contributed by atoms with Gasteiger partial charge in [-0.05, 0) is 41.3 Å². The summed E-state index contributed by atoms with van der Waals surface area (Å²) in [7, 11) is 0. The highest BCUT2D eigenvalue weighted by molar-refractivity contribution is 7.15. The van der Waals surface area contributed by atoms with Crippen molar-refractivity contribution in [3.8, 4) is 0 Å². The largest absolute Gasteiger partial charge is 0.416 e. The summed E-state index contributed by atoms with van der Waals surface area (Å²) in [6, 6.07) is 9.12. The molecule has 10 heteroatoms. The van der Waals surface area contributed by atoms with E-state index < -0.39 is 11.7 Å². The standard InChI is InChI=1S/C25H24F3N5OS/c1-15(2)23-22-19(14-33(23)13-16-3-5-18(6-4-16)25(26,27)28)35-24(31-22)30-21(34)12-17-7-9-32-10-8-29-20(32)11-17/h3-11,15,23H,12-14H2,1-2H3,(H,30,31,34)/t23-/m0/s1. The molecule has 0 saturated carbocycles. The Morgan fingerprint density at radius 2 is 1.94 bits per heavy atom. The Labute approximate surface area is 204 Å². The number of nitrogens with one attached hydrogen (secondary N) is 1. The van der Waals surface area contributed by atoms with Gasteiger partial charge in [-0.1, -0.05) is 26.0 Å². The quantitative estimate of drug-likeness (QED) is 0.370. The third-order valence-corrected chi connectivity index (χ3v) is 7.09. The van der Waals surface area contributed by atoms with E-state index in [-0.39, 0.29) is 24.3 Å². The lowest BCUT2D eigenvalue weighted by Crippen LogP contribution is -2.26. The molecule has 0 saturated heterocycles. The number of halogens is 3. The van der Waals surface area contributed by atoms with Crippen molar-refractivity contribution < 1.29 is 18.0 Å². The van der Waals surface area contributed by atoms with E-state index in [0.29, 0.717) is 18.2 Å². The number of anilines is 1. The zero-order chi connectivity index (χ0) is 24.7. The van der Waals surface area contributed by atoms with Crippen LogP contribution in [0.2, 0.25) is 0 Å². The topological polar surface area (TPSA) is 62.5 Å². The molecule has 1 N–H and O–H groups in total. The molecule has 0 radical (unpaired) electrons. The normalized spacial score (nSPS) is 16.2. The molecule has 1 aliphatic heterocycles. The fraction of sp³-hybridized carbons (Fsp3) is 0.320. The number of hydrogen-bond acceptors (Lipinski definition) is 5. The molecule has 0 bridgehead atoms. The van der Waals surface area contributed by atoms with Gasteiger partial charge < -0.3 is 9.72 Å². The number of hydrogen-bond donors (Lipinski definition) is 1. The number of nitrogens with zero attached hydrogens (tertiary/aromatic N) is 4. The Bertz CT molecular complexity index is 1360. The number of aromatic nitrogens is 3. The zero-order valence-corrected chi connectivity index (χ0v) is 20.0. The number of thiazole rings is 1. The lowest BCUT2D eigenvalue weighted by molar-refractivity contribution is -0.137. The number of carbonyl (C=O) groups is 1. The Morgan fingerprint density at radius 3 is 2.66 bits per heavy atom. The van der Waals surface area contributed by atoms with Crippen LogP contribution in [0.3, 0.4) is 0 Å².